The third-order valence-corrected chi connectivity index (χ3v) is 2.49. The zero-order valence-corrected chi connectivity index (χ0v) is 8.10. The average Bonchev–Trinajstić information content (AvgIpc) is 2.68. The van der Waals surface area contributed by atoms with Crippen LogP contribution in [-0.2, 0) is 4.84 Å². The van der Waals surface area contributed by atoms with Crippen molar-refractivity contribution in [2.45, 2.75) is 12.5 Å². The Labute approximate surface area is 84.0 Å². The van der Waals surface area contributed by atoms with Gasteiger partial charge in [-0.3, -0.25) is 0 Å². The molecule has 0 aromatic heterocycles. The highest BCUT2D eigenvalue weighted by Gasteiger charge is 2.23. The summed E-state index contributed by atoms with van der Waals surface area (Å²) in [5.41, 5.74) is 1.25. The summed E-state index contributed by atoms with van der Waals surface area (Å²) in [5.74, 6) is 0. The van der Waals surface area contributed by atoms with Crippen LogP contribution in [0, 0.1) is 0 Å². The van der Waals surface area contributed by atoms with Crippen molar-refractivity contribution < 1.29 is 4.84 Å². The van der Waals surface area contributed by atoms with Crippen LogP contribution in [0.5, 0.6) is 0 Å². The van der Waals surface area contributed by atoms with Crippen molar-refractivity contribution in [2.75, 3.05) is 18.0 Å². The van der Waals surface area contributed by atoms with Gasteiger partial charge in [0.2, 0.25) is 0 Å². The predicted molar refractivity (Wildman–Crippen MR) is 57.7 cm³/mol. The highest BCUT2D eigenvalue weighted by molar-refractivity contribution is 5.47. The van der Waals surface area contributed by atoms with Crippen molar-refractivity contribution in [1.82, 2.24) is 0 Å². The molecule has 2 rings (SSSR count). The molecule has 1 aromatic carbocycles. The number of rotatable bonds is 3. The Balaban J connectivity index is 1.99. The number of benzene rings is 1. The molecular weight excluding hydrogens is 176 g/mol. The average molecular weight is 190 g/mol. The predicted octanol–water partition coefficient (Wildman–Crippen LogP) is 1.90. The van der Waals surface area contributed by atoms with Gasteiger partial charge in [0.25, 0.3) is 0 Å². The lowest BCUT2D eigenvalue weighted by atomic mass is 10.3. The Bertz CT molecular complexity index is 299. The molecule has 1 aliphatic heterocycles. The zero-order valence-electron chi connectivity index (χ0n) is 8.10. The SMILES string of the molecule is C=NO[C@@H]1CCN(c2ccccc2)C1. The van der Waals surface area contributed by atoms with Gasteiger partial charge >= 0.3 is 0 Å². The summed E-state index contributed by atoms with van der Waals surface area (Å²) in [5, 5.41) is 3.47. The lowest BCUT2D eigenvalue weighted by Gasteiger charge is -2.17. The Kier molecular flexibility index (Phi) is 2.68. The van der Waals surface area contributed by atoms with Crippen molar-refractivity contribution >= 4 is 12.4 Å². The van der Waals surface area contributed by atoms with E-state index in [1.54, 1.807) is 0 Å². The Hall–Kier alpha value is -1.51. The summed E-state index contributed by atoms with van der Waals surface area (Å²) in [6, 6.07) is 10.4. The third-order valence-electron chi connectivity index (χ3n) is 2.49. The van der Waals surface area contributed by atoms with E-state index in [4.69, 9.17) is 4.84 Å². The van der Waals surface area contributed by atoms with E-state index in [1.807, 2.05) is 6.07 Å². The van der Waals surface area contributed by atoms with Gasteiger partial charge in [-0.2, -0.15) is 0 Å². The first-order chi connectivity index (χ1) is 6.90. The number of hydrogen-bond donors (Lipinski definition) is 0. The first-order valence-corrected chi connectivity index (χ1v) is 4.82. The Morgan fingerprint density at radius 2 is 2.14 bits per heavy atom. The molecule has 0 aliphatic carbocycles. The second-order valence-electron chi connectivity index (χ2n) is 3.43. The van der Waals surface area contributed by atoms with Crippen molar-refractivity contribution in [3.63, 3.8) is 0 Å². The fraction of sp³-hybridized carbons (Fsp3) is 0.364. The standard InChI is InChI=1S/C11H14N2O/c1-12-14-11-7-8-13(9-11)10-5-3-2-4-6-10/h2-6,11H,1,7-9H2/t11-/m1/s1. The topological polar surface area (TPSA) is 24.8 Å². The molecule has 0 saturated carbocycles. The first kappa shape index (κ1) is 9.06. The van der Waals surface area contributed by atoms with Crippen LogP contribution in [0.1, 0.15) is 6.42 Å². The summed E-state index contributed by atoms with van der Waals surface area (Å²) in [7, 11) is 0. The molecule has 1 heterocycles. The first-order valence-electron chi connectivity index (χ1n) is 4.82. The lowest BCUT2D eigenvalue weighted by Crippen LogP contribution is -2.21. The minimum Gasteiger partial charge on any atom is -0.391 e. The monoisotopic (exact) mass is 190 g/mol. The van der Waals surface area contributed by atoms with E-state index in [0.29, 0.717) is 0 Å². The maximum Gasteiger partial charge on any atom is 0.146 e. The van der Waals surface area contributed by atoms with E-state index < -0.39 is 0 Å². The second-order valence-corrected chi connectivity index (χ2v) is 3.43. The molecule has 74 valence electrons. The summed E-state index contributed by atoms with van der Waals surface area (Å²) in [4.78, 5) is 7.43. The number of anilines is 1. The summed E-state index contributed by atoms with van der Waals surface area (Å²) in [6.07, 6.45) is 1.22. The molecular formula is C11H14N2O. The van der Waals surface area contributed by atoms with Gasteiger partial charge in [0.15, 0.2) is 0 Å². The summed E-state index contributed by atoms with van der Waals surface area (Å²) < 4.78 is 0. The van der Waals surface area contributed by atoms with E-state index >= 15 is 0 Å². The second kappa shape index (κ2) is 4.13. The molecule has 3 nitrogen and oxygen atoms in total. The van der Waals surface area contributed by atoms with Crippen LogP contribution in [0.15, 0.2) is 35.5 Å². The van der Waals surface area contributed by atoms with Gasteiger partial charge in [0.05, 0.1) is 6.54 Å². The van der Waals surface area contributed by atoms with E-state index in [0.717, 1.165) is 19.5 Å². The van der Waals surface area contributed by atoms with Crippen LogP contribution in [0.2, 0.25) is 0 Å². The minimum atomic E-state index is 0.202. The van der Waals surface area contributed by atoms with Crippen LogP contribution >= 0.6 is 0 Å². The zero-order chi connectivity index (χ0) is 9.80. The molecule has 0 unspecified atom stereocenters. The smallest absolute Gasteiger partial charge is 0.146 e. The highest BCUT2D eigenvalue weighted by atomic mass is 16.6. The van der Waals surface area contributed by atoms with Crippen LogP contribution in [0.4, 0.5) is 5.69 Å². The van der Waals surface area contributed by atoms with E-state index in [-0.39, 0.29) is 6.10 Å². The van der Waals surface area contributed by atoms with Gasteiger partial charge in [-0.25, -0.2) is 0 Å². The van der Waals surface area contributed by atoms with Gasteiger partial charge in [0.1, 0.15) is 6.10 Å². The quantitative estimate of drug-likeness (QED) is 0.537. The van der Waals surface area contributed by atoms with Crippen LogP contribution in [0.3, 0.4) is 0 Å². The molecule has 14 heavy (non-hydrogen) atoms. The van der Waals surface area contributed by atoms with Crippen molar-refractivity contribution in [1.29, 1.82) is 0 Å². The van der Waals surface area contributed by atoms with Crippen molar-refractivity contribution in [3.8, 4) is 0 Å². The molecule has 1 atom stereocenters. The van der Waals surface area contributed by atoms with Crippen LogP contribution in [0.25, 0.3) is 0 Å². The number of nitrogens with zero attached hydrogens (tertiary/aromatic N) is 2. The lowest BCUT2D eigenvalue weighted by molar-refractivity contribution is 0.0770. The van der Waals surface area contributed by atoms with Gasteiger partial charge in [-0.05, 0) is 12.1 Å². The molecule has 1 fully saturated rings. The molecule has 1 aliphatic rings. The largest absolute Gasteiger partial charge is 0.391 e. The summed E-state index contributed by atoms with van der Waals surface area (Å²) in [6.45, 7) is 5.27. The van der Waals surface area contributed by atoms with Crippen LogP contribution < -0.4 is 4.90 Å². The molecule has 0 N–H and O–H groups in total. The Morgan fingerprint density at radius 1 is 1.36 bits per heavy atom. The molecule has 0 spiro atoms. The Morgan fingerprint density at radius 3 is 2.86 bits per heavy atom. The van der Waals surface area contributed by atoms with Crippen molar-refractivity contribution in [3.05, 3.63) is 30.3 Å². The maximum absolute atomic E-state index is 5.13. The van der Waals surface area contributed by atoms with Crippen LogP contribution in [-0.4, -0.2) is 25.9 Å². The number of hydrogen-bond acceptors (Lipinski definition) is 3. The molecule has 0 bridgehead atoms. The highest BCUT2D eigenvalue weighted by Crippen LogP contribution is 2.21. The summed E-state index contributed by atoms with van der Waals surface area (Å²) >= 11 is 0. The third kappa shape index (κ3) is 1.87. The molecule has 0 amide bonds. The fourth-order valence-corrected chi connectivity index (χ4v) is 1.79. The van der Waals surface area contributed by atoms with Gasteiger partial charge in [-0.1, -0.05) is 18.2 Å². The van der Waals surface area contributed by atoms with E-state index in [2.05, 4.69) is 41.0 Å². The number of oxime groups is 1. The molecule has 1 aromatic rings. The maximum atomic E-state index is 5.13. The number of para-hydroxylation sites is 1. The van der Waals surface area contributed by atoms with Gasteiger partial charge in [-0.15, -0.1) is 5.16 Å². The molecule has 1 saturated heterocycles. The minimum absolute atomic E-state index is 0.202. The normalized spacial score (nSPS) is 20.9. The van der Waals surface area contributed by atoms with E-state index in [9.17, 15) is 0 Å². The molecule has 3 heteroatoms. The van der Waals surface area contributed by atoms with Crippen molar-refractivity contribution in [2.24, 2.45) is 5.16 Å². The van der Waals surface area contributed by atoms with E-state index in [1.165, 1.54) is 5.69 Å². The molecule has 0 radical (unpaired) electrons. The van der Waals surface area contributed by atoms with Gasteiger partial charge < -0.3 is 9.74 Å². The fourth-order valence-electron chi connectivity index (χ4n) is 1.79. The van der Waals surface area contributed by atoms with Gasteiger partial charge in [0, 0.05) is 25.4 Å².